The predicted molar refractivity (Wildman–Crippen MR) is 69.3 cm³/mol. The Balaban J connectivity index is 2.23. The van der Waals surface area contributed by atoms with E-state index in [1.54, 1.807) is 11.3 Å². The Hall–Kier alpha value is 0.490. The Bertz CT molecular complexity index is 262. The topological polar surface area (TPSA) is 20.2 Å². The van der Waals surface area contributed by atoms with Crippen LogP contribution in [0.5, 0.6) is 0 Å². The van der Waals surface area contributed by atoms with Crippen molar-refractivity contribution in [2.24, 2.45) is 0 Å². The molecule has 0 fully saturated rings. The van der Waals surface area contributed by atoms with E-state index < -0.39 is 0 Å². The summed E-state index contributed by atoms with van der Waals surface area (Å²) < 4.78 is 1.12. The van der Waals surface area contributed by atoms with Crippen molar-refractivity contribution in [1.29, 1.82) is 0 Å². The highest BCUT2D eigenvalue weighted by Gasteiger charge is 2.06. The maximum Gasteiger partial charge on any atom is 0.0596 e. The van der Waals surface area contributed by atoms with Gasteiger partial charge in [0.15, 0.2) is 0 Å². The number of hydrogen-bond donors (Lipinski definition) is 1. The van der Waals surface area contributed by atoms with E-state index in [1.165, 1.54) is 4.88 Å². The van der Waals surface area contributed by atoms with Crippen LogP contribution in [0, 0.1) is 0 Å². The fraction of sp³-hybridized carbons (Fsp3) is 0.600. The summed E-state index contributed by atoms with van der Waals surface area (Å²) in [5.41, 5.74) is 0. The van der Waals surface area contributed by atoms with Gasteiger partial charge in [-0.2, -0.15) is 11.8 Å². The van der Waals surface area contributed by atoms with Crippen molar-refractivity contribution in [2.45, 2.75) is 25.9 Å². The maximum absolute atomic E-state index is 9.72. The van der Waals surface area contributed by atoms with Gasteiger partial charge in [-0.05, 0) is 39.9 Å². The van der Waals surface area contributed by atoms with Crippen LogP contribution in [0.4, 0.5) is 0 Å². The van der Waals surface area contributed by atoms with Crippen LogP contribution in [0.15, 0.2) is 15.9 Å². The number of aliphatic hydroxyl groups excluding tert-OH is 1. The molecular formula is C10H15BrOS2. The van der Waals surface area contributed by atoms with E-state index in [2.05, 4.69) is 34.3 Å². The predicted octanol–water partition coefficient (Wildman–Crippen LogP) is 3.56. The summed E-state index contributed by atoms with van der Waals surface area (Å²) in [6.07, 6.45) is 1.51. The number of thioether (sulfide) groups is 1. The third-order valence-corrected chi connectivity index (χ3v) is 4.51. The summed E-state index contributed by atoms with van der Waals surface area (Å²) in [7, 11) is 0. The van der Waals surface area contributed by atoms with Crippen molar-refractivity contribution in [3.8, 4) is 0 Å². The molecule has 0 spiro atoms. The zero-order chi connectivity index (χ0) is 10.4. The SMILES string of the molecule is CCSCCC(O)Cc1cc(Br)cs1. The normalized spacial score (nSPS) is 13.1. The highest BCUT2D eigenvalue weighted by atomic mass is 79.9. The van der Waals surface area contributed by atoms with E-state index in [1.807, 2.05) is 11.8 Å². The second-order valence-electron chi connectivity index (χ2n) is 3.07. The second-order valence-corrected chi connectivity index (χ2v) is 6.38. The van der Waals surface area contributed by atoms with Crippen LogP contribution in [0.2, 0.25) is 0 Å². The first-order valence-corrected chi connectivity index (χ1v) is 7.53. The zero-order valence-electron chi connectivity index (χ0n) is 8.20. The van der Waals surface area contributed by atoms with Gasteiger partial charge in [0.25, 0.3) is 0 Å². The molecular weight excluding hydrogens is 280 g/mol. The maximum atomic E-state index is 9.72. The molecule has 0 aliphatic carbocycles. The molecule has 0 saturated heterocycles. The highest BCUT2D eigenvalue weighted by molar-refractivity contribution is 9.10. The minimum atomic E-state index is -0.181. The lowest BCUT2D eigenvalue weighted by Gasteiger charge is -2.07. The first-order chi connectivity index (χ1) is 6.72. The van der Waals surface area contributed by atoms with Crippen LogP contribution >= 0.6 is 39.0 Å². The molecule has 0 radical (unpaired) electrons. The number of halogens is 1. The van der Waals surface area contributed by atoms with Gasteiger partial charge in [-0.25, -0.2) is 0 Å². The molecule has 1 nitrogen and oxygen atoms in total. The number of aliphatic hydroxyl groups is 1. The number of thiophene rings is 1. The molecule has 0 aliphatic rings. The van der Waals surface area contributed by atoms with Gasteiger partial charge >= 0.3 is 0 Å². The van der Waals surface area contributed by atoms with E-state index in [4.69, 9.17) is 0 Å². The summed E-state index contributed by atoms with van der Waals surface area (Å²) in [5, 5.41) is 11.8. The molecule has 0 saturated carbocycles. The molecule has 0 aliphatic heterocycles. The van der Waals surface area contributed by atoms with Crippen molar-refractivity contribution >= 4 is 39.0 Å². The summed E-state index contributed by atoms with van der Waals surface area (Å²) in [5.74, 6) is 2.20. The van der Waals surface area contributed by atoms with E-state index in [0.29, 0.717) is 0 Å². The minimum absolute atomic E-state index is 0.181. The molecule has 14 heavy (non-hydrogen) atoms. The third-order valence-electron chi connectivity index (χ3n) is 1.86. The van der Waals surface area contributed by atoms with Gasteiger partial charge in [0.05, 0.1) is 6.10 Å². The lowest BCUT2D eigenvalue weighted by Crippen LogP contribution is -2.10. The van der Waals surface area contributed by atoms with Gasteiger partial charge in [0.1, 0.15) is 0 Å². The molecule has 1 atom stereocenters. The Morgan fingerprint density at radius 3 is 3.00 bits per heavy atom. The summed E-state index contributed by atoms with van der Waals surface area (Å²) in [6.45, 7) is 2.15. The van der Waals surface area contributed by atoms with Crippen LogP contribution in [-0.4, -0.2) is 22.7 Å². The molecule has 80 valence electrons. The molecule has 1 aromatic heterocycles. The lowest BCUT2D eigenvalue weighted by molar-refractivity contribution is 0.173. The van der Waals surface area contributed by atoms with E-state index >= 15 is 0 Å². The van der Waals surface area contributed by atoms with Gasteiger partial charge in [-0.1, -0.05) is 6.92 Å². The summed E-state index contributed by atoms with van der Waals surface area (Å²) in [6, 6.07) is 2.08. The van der Waals surface area contributed by atoms with Gasteiger partial charge in [-0.3, -0.25) is 0 Å². The highest BCUT2D eigenvalue weighted by Crippen LogP contribution is 2.21. The van der Waals surface area contributed by atoms with Gasteiger partial charge in [0.2, 0.25) is 0 Å². The van der Waals surface area contributed by atoms with Crippen LogP contribution in [0.3, 0.4) is 0 Å². The van der Waals surface area contributed by atoms with Gasteiger partial charge in [-0.15, -0.1) is 11.3 Å². The van der Waals surface area contributed by atoms with Crippen LogP contribution < -0.4 is 0 Å². The average Bonchev–Trinajstić information content (AvgIpc) is 2.52. The molecule has 0 amide bonds. The Morgan fingerprint density at radius 2 is 2.43 bits per heavy atom. The second kappa shape index (κ2) is 6.88. The molecule has 1 heterocycles. The minimum Gasteiger partial charge on any atom is -0.393 e. The molecule has 1 rings (SSSR count). The van der Waals surface area contributed by atoms with E-state index in [9.17, 15) is 5.11 Å². The van der Waals surface area contributed by atoms with Crippen LogP contribution in [-0.2, 0) is 6.42 Å². The fourth-order valence-corrected chi connectivity index (χ4v) is 3.41. The first kappa shape index (κ1) is 12.6. The van der Waals surface area contributed by atoms with Gasteiger partial charge in [0, 0.05) is 21.2 Å². The van der Waals surface area contributed by atoms with Crippen molar-refractivity contribution in [2.75, 3.05) is 11.5 Å². The van der Waals surface area contributed by atoms with Crippen molar-refractivity contribution in [1.82, 2.24) is 0 Å². The molecule has 1 aromatic rings. The molecule has 1 N–H and O–H groups in total. The quantitative estimate of drug-likeness (QED) is 0.810. The largest absolute Gasteiger partial charge is 0.393 e. The molecule has 0 aromatic carbocycles. The summed E-state index contributed by atoms with van der Waals surface area (Å²) in [4.78, 5) is 1.26. The van der Waals surface area contributed by atoms with E-state index in [0.717, 1.165) is 28.8 Å². The van der Waals surface area contributed by atoms with E-state index in [-0.39, 0.29) is 6.10 Å². The Morgan fingerprint density at radius 1 is 1.64 bits per heavy atom. The standard InChI is InChI=1S/C10H15BrOS2/c1-2-13-4-3-9(12)6-10-5-8(11)7-14-10/h5,7,9,12H,2-4,6H2,1H3. The fourth-order valence-electron chi connectivity index (χ4n) is 1.16. The van der Waals surface area contributed by atoms with Crippen molar-refractivity contribution in [3.05, 3.63) is 20.8 Å². The van der Waals surface area contributed by atoms with Crippen molar-refractivity contribution < 1.29 is 5.11 Å². The number of hydrogen-bond acceptors (Lipinski definition) is 3. The third kappa shape index (κ3) is 4.82. The first-order valence-electron chi connectivity index (χ1n) is 4.71. The average molecular weight is 295 g/mol. The number of rotatable bonds is 6. The Labute approximate surface area is 102 Å². The zero-order valence-corrected chi connectivity index (χ0v) is 11.4. The van der Waals surface area contributed by atoms with Gasteiger partial charge < -0.3 is 5.11 Å². The smallest absolute Gasteiger partial charge is 0.0596 e. The molecule has 0 bridgehead atoms. The monoisotopic (exact) mass is 294 g/mol. The molecule has 1 unspecified atom stereocenters. The summed E-state index contributed by atoms with van der Waals surface area (Å²) >= 11 is 7.00. The van der Waals surface area contributed by atoms with Crippen LogP contribution in [0.1, 0.15) is 18.2 Å². The lowest BCUT2D eigenvalue weighted by atomic mass is 10.2. The molecule has 4 heteroatoms. The Kier molecular flexibility index (Phi) is 6.17. The van der Waals surface area contributed by atoms with Crippen LogP contribution in [0.25, 0.3) is 0 Å². The van der Waals surface area contributed by atoms with Crippen molar-refractivity contribution in [3.63, 3.8) is 0 Å².